The van der Waals surface area contributed by atoms with Crippen LogP contribution in [0.3, 0.4) is 0 Å². The number of hydroxylamine groups is 4. The molecule has 3 aliphatic heterocycles. The monoisotopic (exact) mass is 612 g/mol. The van der Waals surface area contributed by atoms with Gasteiger partial charge < -0.3 is 29.4 Å². The highest BCUT2D eigenvalue weighted by atomic mass is 16.7. The van der Waals surface area contributed by atoms with E-state index in [0.29, 0.717) is 58.2 Å². The van der Waals surface area contributed by atoms with Gasteiger partial charge in [0.2, 0.25) is 0 Å². The van der Waals surface area contributed by atoms with E-state index in [1.807, 2.05) is 62.3 Å². The van der Waals surface area contributed by atoms with Gasteiger partial charge in [-0.05, 0) is 93.9 Å². The molecule has 0 aromatic rings. The van der Waals surface area contributed by atoms with Crippen LogP contribution in [0.1, 0.15) is 139 Å². The van der Waals surface area contributed by atoms with E-state index in [0.717, 1.165) is 25.7 Å². The van der Waals surface area contributed by atoms with Crippen molar-refractivity contribution in [2.45, 2.75) is 180 Å². The fourth-order valence-electron chi connectivity index (χ4n) is 7.58. The van der Waals surface area contributed by atoms with Gasteiger partial charge in [0, 0.05) is 61.1 Å². The molecular formula is C33H60N2O8. The van der Waals surface area contributed by atoms with Crippen molar-refractivity contribution in [1.29, 1.82) is 0 Å². The van der Waals surface area contributed by atoms with E-state index in [1.165, 1.54) is 10.1 Å². The van der Waals surface area contributed by atoms with Crippen LogP contribution < -0.4 is 0 Å². The van der Waals surface area contributed by atoms with Gasteiger partial charge in [-0.15, -0.1) is 0 Å². The minimum Gasteiger partial charge on any atom is -0.461 e. The summed E-state index contributed by atoms with van der Waals surface area (Å²) in [5, 5.41) is 24.3. The molecule has 0 spiro atoms. The third-order valence-corrected chi connectivity index (χ3v) is 9.68. The number of piperidine rings is 2. The molecule has 0 amide bonds. The molecule has 0 aromatic carbocycles. The van der Waals surface area contributed by atoms with E-state index in [-0.39, 0.29) is 12.7 Å². The van der Waals surface area contributed by atoms with Crippen LogP contribution in [0.4, 0.5) is 0 Å². The van der Waals surface area contributed by atoms with Gasteiger partial charge in [-0.3, -0.25) is 9.59 Å². The SMILES string of the molecule is CCCCC(CCCOC1CCCCO1)(C(=O)OC1CC(C)(C)N(O)C(C)(C)C1)C(=O)OC1CC(C)(C)N(O)C(C)(C)C1. The summed E-state index contributed by atoms with van der Waals surface area (Å²) in [6, 6.07) is 0. The van der Waals surface area contributed by atoms with Crippen molar-refractivity contribution in [3.05, 3.63) is 0 Å². The van der Waals surface area contributed by atoms with Crippen LogP contribution in [0, 0.1) is 5.41 Å². The molecule has 0 aliphatic carbocycles. The smallest absolute Gasteiger partial charge is 0.323 e. The molecule has 1 atom stereocenters. The molecule has 3 aliphatic rings. The second-order valence-corrected chi connectivity index (χ2v) is 15.7. The van der Waals surface area contributed by atoms with Gasteiger partial charge in [0.1, 0.15) is 12.2 Å². The van der Waals surface area contributed by atoms with Crippen LogP contribution in [0.2, 0.25) is 0 Å². The minimum absolute atomic E-state index is 0.245. The molecule has 3 fully saturated rings. The molecule has 10 heteroatoms. The van der Waals surface area contributed by atoms with Gasteiger partial charge >= 0.3 is 11.9 Å². The lowest BCUT2D eigenvalue weighted by atomic mass is 9.77. The van der Waals surface area contributed by atoms with Gasteiger partial charge in [-0.25, -0.2) is 0 Å². The summed E-state index contributed by atoms with van der Waals surface area (Å²) >= 11 is 0. The Morgan fingerprint density at radius 2 is 1.21 bits per heavy atom. The normalized spacial score (nSPS) is 26.6. The maximum absolute atomic E-state index is 14.3. The summed E-state index contributed by atoms with van der Waals surface area (Å²) in [7, 11) is 0. The first-order valence-electron chi connectivity index (χ1n) is 16.5. The van der Waals surface area contributed by atoms with Gasteiger partial charge in [0.05, 0.1) is 0 Å². The molecule has 1 unspecified atom stereocenters. The van der Waals surface area contributed by atoms with Gasteiger partial charge in [0.15, 0.2) is 11.7 Å². The fraction of sp³-hybridized carbons (Fsp3) is 0.939. The quantitative estimate of drug-likeness (QED) is 0.146. The van der Waals surface area contributed by atoms with Crippen LogP contribution in [-0.2, 0) is 28.5 Å². The zero-order valence-electron chi connectivity index (χ0n) is 28.4. The largest absolute Gasteiger partial charge is 0.461 e. The Bertz CT molecular complexity index is 851. The summed E-state index contributed by atoms with van der Waals surface area (Å²) in [4.78, 5) is 28.6. The lowest BCUT2D eigenvalue weighted by molar-refractivity contribution is -0.263. The Morgan fingerprint density at radius 3 is 1.60 bits per heavy atom. The molecule has 3 heterocycles. The zero-order chi connectivity index (χ0) is 32.3. The molecule has 3 saturated heterocycles. The third-order valence-electron chi connectivity index (χ3n) is 9.68. The number of carbonyl (C=O) groups excluding carboxylic acids is 2. The van der Waals surface area contributed by atoms with Crippen molar-refractivity contribution >= 4 is 11.9 Å². The van der Waals surface area contributed by atoms with Crippen LogP contribution in [0.15, 0.2) is 0 Å². The van der Waals surface area contributed by atoms with Gasteiger partial charge in [0.25, 0.3) is 0 Å². The number of carbonyl (C=O) groups is 2. The lowest BCUT2D eigenvalue weighted by Gasteiger charge is -2.51. The molecule has 0 aromatic heterocycles. The molecule has 3 rings (SSSR count). The fourth-order valence-corrected chi connectivity index (χ4v) is 7.58. The molecule has 10 nitrogen and oxygen atoms in total. The highest BCUT2D eigenvalue weighted by Gasteiger charge is 2.54. The van der Waals surface area contributed by atoms with E-state index in [2.05, 4.69) is 0 Å². The molecule has 43 heavy (non-hydrogen) atoms. The van der Waals surface area contributed by atoms with E-state index in [9.17, 15) is 20.0 Å². The highest BCUT2D eigenvalue weighted by Crippen LogP contribution is 2.43. The van der Waals surface area contributed by atoms with Crippen LogP contribution in [0.5, 0.6) is 0 Å². The van der Waals surface area contributed by atoms with Gasteiger partial charge in [-0.2, -0.15) is 10.1 Å². The Hall–Kier alpha value is -1.30. The molecule has 2 N–H and O–H groups in total. The summed E-state index contributed by atoms with van der Waals surface area (Å²) < 4.78 is 24.2. The number of hydrogen-bond acceptors (Lipinski definition) is 10. The Kier molecular flexibility index (Phi) is 11.8. The van der Waals surface area contributed by atoms with Crippen LogP contribution >= 0.6 is 0 Å². The van der Waals surface area contributed by atoms with E-state index in [4.69, 9.17) is 18.9 Å². The van der Waals surface area contributed by atoms with Crippen LogP contribution in [0.25, 0.3) is 0 Å². The molecule has 0 radical (unpaired) electrons. The maximum Gasteiger partial charge on any atom is 0.323 e. The Morgan fingerprint density at radius 1 is 0.767 bits per heavy atom. The summed E-state index contributed by atoms with van der Waals surface area (Å²) in [5.41, 5.74) is -3.92. The molecule has 0 saturated carbocycles. The third kappa shape index (κ3) is 8.70. The van der Waals surface area contributed by atoms with E-state index < -0.39 is 51.7 Å². The standard InChI is InChI=1S/C33H60N2O8/c1-10-11-16-33(17-14-19-41-26-15-12-13-18-40-26,27(36)42-24-20-29(2,3)34(38)30(4,5)21-24)28(37)43-25-22-31(6,7)35(39)32(8,9)23-25/h24-26,38-39H,10-23H2,1-9H3. The van der Waals surface area contributed by atoms with Crippen molar-refractivity contribution in [3.63, 3.8) is 0 Å². The number of hydrogen-bond donors (Lipinski definition) is 2. The average molecular weight is 613 g/mol. The number of rotatable bonds is 12. The zero-order valence-corrected chi connectivity index (χ0v) is 28.4. The van der Waals surface area contributed by atoms with Crippen molar-refractivity contribution in [1.82, 2.24) is 10.1 Å². The highest BCUT2D eigenvalue weighted by molar-refractivity contribution is 6.00. The van der Waals surface area contributed by atoms with Crippen molar-refractivity contribution < 1.29 is 39.0 Å². The number of unbranched alkanes of at least 4 members (excludes halogenated alkanes) is 1. The van der Waals surface area contributed by atoms with Gasteiger partial charge in [-0.1, -0.05) is 19.8 Å². The van der Waals surface area contributed by atoms with E-state index in [1.54, 1.807) is 0 Å². The predicted octanol–water partition coefficient (Wildman–Crippen LogP) is 6.39. The topological polar surface area (TPSA) is 118 Å². The van der Waals surface area contributed by atoms with Crippen molar-refractivity contribution in [2.24, 2.45) is 5.41 Å². The summed E-state index contributed by atoms with van der Waals surface area (Å²) in [6.07, 6.45) is 6.03. The van der Waals surface area contributed by atoms with Crippen LogP contribution in [-0.4, -0.2) is 86.3 Å². The average Bonchev–Trinajstić information content (AvgIpc) is 2.90. The first-order valence-corrected chi connectivity index (χ1v) is 16.5. The maximum atomic E-state index is 14.3. The minimum atomic E-state index is -1.48. The molecule has 0 bridgehead atoms. The number of ether oxygens (including phenoxy) is 4. The molecule has 250 valence electrons. The number of nitrogens with zero attached hydrogens (tertiary/aromatic N) is 2. The predicted molar refractivity (Wildman–Crippen MR) is 163 cm³/mol. The second kappa shape index (κ2) is 14.0. The summed E-state index contributed by atoms with van der Waals surface area (Å²) in [6.45, 7) is 18.5. The lowest BCUT2D eigenvalue weighted by Crippen LogP contribution is -2.61. The van der Waals surface area contributed by atoms with Crippen molar-refractivity contribution in [3.8, 4) is 0 Å². The molecular weight excluding hydrogens is 552 g/mol. The first kappa shape index (κ1) is 36.2. The van der Waals surface area contributed by atoms with E-state index >= 15 is 0 Å². The summed E-state index contributed by atoms with van der Waals surface area (Å²) in [5.74, 6) is -1.11. The number of esters is 2. The van der Waals surface area contributed by atoms with Crippen molar-refractivity contribution in [2.75, 3.05) is 13.2 Å². The Balaban J connectivity index is 1.86. The first-order chi connectivity index (χ1) is 19.9. The Labute approximate surface area is 259 Å². The second-order valence-electron chi connectivity index (χ2n) is 15.7.